The van der Waals surface area contributed by atoms with E-state index in [2.05, 4.69) is 5.32 Å². The van der Waals surface area contributed by atoms with E-state index in [1.165, 1.54) is 13.0 Å². The molecule has 3 rings (SSSR count). The summed E-state index contributed by atoms with van der Waals surface area (Å²) in [5, 5.41) is 3.07. The first-order chi connectivity index (χ1) is 19.5. The molecule has 11 nitrogen and oxygen atoms in total. The lowest BCUT2D eigenvalue weighted by atomic mass is 10.1. The quantitative estimate of drug-likeness (QED) is 0.186. The first-order valence-corrected chi connectivity index (χ1v) is 13.1. The fourth-order valence-corrected chi connectivity index (χ4v) is 3.94. The summed E-state index contributed by atoms with van der Waals surface area (Å²) in [4.78, 5) is 62.7. The van der Waals surface area contributed by atoms with E-state index in [1.807, 2.05) is 55.4 Å². The summed E-state index contributed by atoms with van der Waals surface area (Å²) < 4.78 is 20.9. The number of ether oxygens (including phenoxy) is 3. The summed E-state index contributed by atoms with van der Waals surface area (Å²) in [6, 6.07) is 15.7. The zero-order chi connectivity index (χ0) is 29.9. The predicted molar refractivity (Wildman–Crippen MR) is 150 cm³/mol. The fraction of sp³-hybridized carbons (Fsp3) is 0.367. The molecule has 0 aliphatic carbocycles. The van der Waals surface area contributed by atoms with E-state index in [4.69, 9.17) is 18.6 Å². The van der Waals surface area contributed by atoms with Gasteiger partial charge in [0.25, 0.3) is 0 Å². The third-order valence-corrected chi connectivity index (χ3v) is 5.93. The van der Waals surface area contributed by atoms with Crippen LogP contribution in [0.4, 0.5) is 5.69 Å². The molecular formula is C30H34N2O9. The van der Waals surface area contributed by atoms with Gasteiger partial charge in [-0.1, -0.05) is 30.3 Å². The average molecular weight is 567 g/mol. The average Bonchev–Trinajstić information content (AvgIpc) is 2.90. The highest BCUT2D eigenvalue weighted by molar-refractivity contribution is 5.90. The van der Waals surface area contributed by atoms with Crippen molar-refractivity contribution in [2.75, 3.05) is 25.5 Å². The Labute approximate surface area is 237 Å². The van der Waals surface area contributed by atoms with Crippen molar-refractivity contribution in [3.05, 3.63) is 76.1 Å². The summed E-state index contributed by atoms with van der Waals surface area (Å²) in [5.41, 5.74) is 1.90. The van der Waals surface area contributed by atoms with E-state index in [0.29, 0.717) is 16.5 Å². The van der Waals surface area contributed by atoms with Crippen LogP contribution in [0.1, 0.15) is 37.8 Å². The summed E-state index contributed by atoms with van der Waals surface area (Å²) in [6.45, 7) is 2.77. The van der Waals surface area contributed by atoms with Crippen LogP contribution in [0, 0.1) is 0 Å². The fourth-order valence-electron chi connectivity index (χ4n) is 3.94. The van der Waals surface area contributed by atoms with Crippen LogP contribution in [0.2, 0.25) is 0 Å². The first-order valence-electron chi connectivity index (χ1n) is 13.1. The number of fused-ring (bicyclic) bond motifs is 1. The molecule has 0 aliphatic rings. The zero-order valence-electron chi connectivity index (χ0n) is 23.5. The second-order valence-electron chi connectivity index (χ2n) is 9.77. The molecule has 0 saturated heterocycles. The molecule has 0 aliphatic heterocycles. The molecule has 1 amide bonds. The number of hydrogen-bond acceptors (Lipinski definition) is 10. The van der Waals surface area contributed by atoms with Crippen molar-refractivity contribution in [3.63, 3.8) is 0 Å². The van der Waals surface area contributed by atoms with Crippen molar-refractivity contribution < 1.29 is 37.8 Å². The molecule has 2 atom stereocenters. The maximum absolute atomic E-state index is 12.5. The molecule has 0 unspecified atom stereocenters. The Morgan fingerprint density at radius 1 is 0.878 bits per heavy atom. The van der Waals surface area contributed by atoms with Crippen LogP contribution in [0.3, 0.4) is 0 Å². The summed E-state index contributed by atoms with van der Waals surface area (Å²) in [6.07, 6.45) is -2.04. The Bertz CT molecular complexity index is 1430. The minimum Gasteiger partial charge on any atom is -0.462 e. The van der Waals surface area contributed by atoms with E-state index < -0.39 is 48.2 Å². The van der Waals surface area contributed by atoms with Crippen LogP contribution in [-0.2, 0) is 46.4 Å². The van der Waals surface area contributed by atoms with Crippen LogP contribution < -0.4 is 15.8 Å². The highest BCUT2D eigenvalue weighted by atomic mass is 16.6. The van der Waals surface area contributed by atoms with Gasteiger partial charge in [0.2, 0.25) is 5.91 Å². The molecule has 11 heteroatoms. The minimum atomic E-state index is -0.822. The van der Waals surface area contributed by atoms with Crippen molar-refractivity contribution >= 4 is 40.5 Å². The second kappa shape index (κ2) is 14.6. The summed E-state index contributed by atoms with van der Waals surface area (Å²) in [5.74, 6) is -2.40. The molecule has 3 aromatic rings. The number of hydrogen-bond donors (Lipinski definition) is 1. The highest BCUT2D eigenvalue weighted by Crippen LogP contribution is 2.23. The standard InChI is InChI=1S/C30H34N2O9/c1-19(12-27(34)38-18-21-8-6-5-7-9-21)39-28(35)13-20(2)40-30(37)17-31-26(33)14-22-15-29(36)41-25-16-23(32(3)4)10-11-24(22)25/h5-11,15-16,19-20H,12-14,17-18H2,1-4H3,(H,31,33)/t19-,20-/m1/s1. The van der Waals surface area contributed by atoms with Gasteiger partial charge in [-0.05, 0) is 37.1 Å². The predicted octanol–water partition coefficient (Wildman–Crippen LogP) is 2.90. The molecule has 1 heterocycles. The number of nitrogens with one attached hydrogen (secondary N) is 1. The van der Waals surface area contributed by atoms with E-state index in [9.17, 15) is 24.0 Å². The van der Waals surface area contributed by atoms with Crippen LogP contribution in [-0.4, -0.2) is 56.7 Å². The smallest absolute Gasteiger partial charge is 0.336 e. The topological polar surface area (TPSA) is 141 Å². The molecule has 218 valence electrons. The third kappa shape index (κ3) is 10.1. The number of esters is 3. The van der Waals surface area contributed by atoms with Crippen LogP contribution in [0.25, 0.3) is 11.0 Å². The van der Waals surface area contributed by atoms with Crippen molar-refractivity contribution in [1.82, 2.24) is 5.32 Å². The van der Waals surface area contributed by atoms with Crippen molar-refractivity contribution in [2.45, 2.75) is 51.9 Å². The Hall–Kier alpha value is -4.67. The highest BCUT2D eigenvalue weighted by Gasteiger charge is 2.20. The Morgan fingerprint density at radius 2 is 1.54 bits per heavy atom. The zero-order valence-corrected chi connectivity index (χ0v) is 23.5. The molecule has 1 N–H and O–H groups in total. The van der Waals surface area contributed by atoms with Crippen LogP contribution >= 0.6 is 0 Å². The number of amides is 1. The number of benzene rings is 2. The number of rotatable bonds is 13. The number of carbonyl (C=O) groups is 4. The van der Waals surface area contributed by atoms with Crippen molar-refractivity contribution in [2.24, 2.45) is 0 Å². The normalized spacial score (nSPS) is 12.2. The number of carbonyl (C=O) groups excluding carboxylic acids is 4. The molecule has 0 spiro atoms. The molecule has 0 bridgehead atoms. The molecule has 0 radical (unpaired) electrons. The van der Waals surface area contributed by atoms with Gasteiger partial charge in [-0.3, -0.25) is 19.2 Å². The second-order valence-corrected chi connectivity index (χ2v) is 9.77. The Morgan fingerprint density at radius 3 is 2.22 bits per heavy atom. The van der Waals surface area contributed by atoms with Crippen LogP contribution in [0.15, 0.2) is 63.8 Å². The van der Waals surface area contributed by atoms with E-state index in [-0.39, 0.29) is 25.9 Å². The van der Waals surface area contributed by atoms with Crippen molar-refractivity contribution in [3.8, 4) is 0 Å². The Balaban J connectivity index is 1.39. The lowest BCUT2D eigenvalue weighted by Gasteiger charge is -2.16. The van der Waals surface area contributed by atoms with Gasteiger partial charge in [0.15, 0.2) is 0 Å². The minimum absolute atomic E-state index is 0.117. The molecule has 1 aromatic heterocycles. The molecular weight excluding hydrogens is 532 g/mol. The van der Waals surface area contributed by atoms with Gasteiger partial charge in [0.05, 0.1) is 19.3 Å². The van der Waals surface area contributed by atoms with Gasteiger partial charge in [0, 0.05) is 37.3 Å². The molecule has 2 aromatic carbocycles. The molecule has 0 saturated carbocycles. The van der Waals surface area contributed by atoms with E-state index in [0.717, 1.165) is 11.3 Å². The SMILES string of the molecule is C[C@H](CC(=O)OCc1ccccc1)OC(=O)C[C@@H](C)OC(=O)CNC(=O)Cc1cc(=O)oc2cc(N(C)C)ccc12. The molecule has 0 fully saturated rings. The molecule has 41 heavy (non-hydrogen) atoms. The Kier molecular flexibility index (Phi) is 11.0. The van der Waals surface area contributed by atoms with Crippen LogP contribution in [0.5, 0.6) is 0 Å². The lowest BCUT2D eigenvalue weighted by Crippen LogP contribution is -2.34. The number of anilines is 1. The van der Waals surface area contributed by atoms with E-state index in [1.54, 1.807) is 19.1 Å². The van der Waals surface area contributed by atoms with E-state index >= 15 is 0 Å². The largest absolute Gasteiger partial charge is 0.462 e. The number of nitrogens with zero attached hydrogens (tertiary/aromatic N) is 1. The summed E-state index contributed by atoms with van der Waals surface area (Å²) >= 11 is 0. The van der Waals surface area contributed by atoms with Gasteiger partial charge in [-0.15, -0.1) is 0 Å². The monoisotopic (exact) mass is 566 g/mol. The maximum Gasteiger partial charge on any atom is 0.336 e. The van der Waals surface area contributed by atoms with Gasteiger partial charge in [0.1, 0.15) is 30.9 Å². The van der Waals surface area contributed by atoms with Gasteiger partial charge in [-0.25, -0.2) is 4.79 Å². The van der Waals surface area contributed by atoms with Gasteiger partial charge >= 0.3 is 23.5 Å². The van der Waals surface area contributed by atoms with Gasteiger partial charge in [-0.2, -0.15) is 0 Å². The summed E-state index contributed by atoms with van der Waals surface area (Å²) in [7, 11) is 3.71. The van der Waals surface area contributed by atoms with Crippen molar-refractivity contribution in [1.29, 1.82) is 0 Å². The lowest BCUT2D eigenvalue weighted by molar-refractivity contribution is -0.158. The third-order valence-electron chi connectivity index (χ3n) is 5.93. The first kappa shape index (κ1) is 30.9. The maximum atomic E-state index is 12.5. The van der Waals surface area contributed by atoms with Gasteiger partial charge < -0.3 is 28.8 Å².